The van der Waals surface area contributed by atoms with Gasteiger partial charge in [0.1, 0.15) is 16.5 Å². The second kappa shape index (κ2) is 8.43. The maximum absolute atomic E-state index is 12.4. The average Bonchev–Trinajstić information content (AvgIpc) is 3.30. The van der Waals surface area contributed by atoms with E-state index in [-0.39, 0.29) is 10.9 Å². The van der Waals surface area contributed by atoms with Gasteiger partial charge in [-0.25, -0.2) is 0 Å². The predicted octanol–water partition coefficient (Wildman–Crippen LogP) is 6.55. The summed E-state index contributed by atoms with van der Waals surface area (Å²) in [7, 11) is 0. The monoisotopic (exact) mass is 456 g/mol. The zero-order chi connectivity index (χ0) is 21.3. The third-order valence-electron chi connectivity index (χ3n) is 4.39. The average molecular weight is 457 g/mol. The summed E-state index contributed by atoms with van der Waals surface area (Å²) in [6, 6.07) is 16.9. The van der Waals surface area contributed by atoms with Crippen molar-refractivity contribution in [1.29, 1.82) is 0 Å². The zero-order valence-corrected chi connectivity index (χ0v) is 17.7. The number of hydrogen-bond acceptors (Lipinski definition) is 6. The maximum atomic E-state index is 12.4. The fraction of sp³-hybridized carbons (Fsp3) is 0.0476. The summed E-state index contributed by atoms with van der Waals surface area (Å²) in [6.45, 7) is 0.366. The fourth-order valence-electron chi connectivity index (χ4n) is 2.87. The molecule has 0 aliphatic carbocycles. The third-order valence-corrected chi connectivity index (χ3v) is 6.14. The van der Waals surface area contributed by atoms with Crippen LogP contribution in [-0.4, -0.2) is 20.1 Å². The van der Waals surface area contributed by atoms with E-state index >= 15 is 0 Å². The molecule has 2 heterocycles. The normalized spacial score (nSPS) is 15.2. The molecule has 2 aromatic carbocycles. The number of nitro groups is 1. The minimum Gasteiger partial charge on any atom is -0.457 e. The van der Waals surface area contributed by atoms with Gasteiger partial charge in [0.15, 0.2) is 0 Å². The van der Waals surface area contributed by atoms with Crippen LogP contribution in [-0.2, 0) is 6.54 Å². The second-order valence-corrected chi connectivity index (χ2v) is 8.22. The van der Waals surface area contributed by atoms with Gasteiger partial charge in [-0.1, -0.05) is 36.0 Å². The molecule has 1 amide bonds. The van der Waals surface area contributed by atoms with Crippen molar-refractivity contribution in [2.24, 2.45) is 0 Å². The second-order valence-electron chi connectivity index (χ2n) is 6.40. The third kappa shape index (κ3) is 4.30. The number of carbonyl (C=O) groups is 1. The van der Waals surface area contributed by atoms with E-state index < -0.39 is 4.92 Å². The molecule has 6 nitrogen and oxygen atoms in total. The van der Waals surface area contributed by atoms with E-state index in [1.807, 2.05) is 12.1 Å². The van der Waals surface area contributed by atoms with Crippen LogP contribution in [0.5, 0.6) is 0 Å². The lowest BCUT2D eigenvalue weighted by molar-refractivity contribution is -0.384. The first-order chi connectivity index (χ1) is 14.4. The van der Waals surface area contributed by atoms with Gasteiger partial charge in [-0.05, 0) is 59.8 Å². The van der Waals surface area contributed by atoms with E-state index in [4.69, 9.17) is 28.2 Å². The number of non-ortho nitro benzene ring substituents is 1. The van der Waals surface area contributed by atoms with Gasteiger partial charge in [-0.15, -0.1) is 0 Å². The highest BCUT2D eigenvalue weighted by molar-refractivity contribution is 8.19. The molecule has 0 atom stereocenters. The van der Waals surface area contributed by atoms with Crippen LogP contribution in [0.25, 0.3) is 17.4 Å². The van der Waals surface area contributed by atoms with E-state index in [1.54, 1.807) is 42.5 Å². The van der Waals surface area contributed by atoms with Gasteiger partial charge in [-0.2, -0.15) is 0 Å². The van der Waals surface area contributed by atoms with Crippen LogP contribution in [0, 0.1) is 10.1 Å². The first kappa shape index (κ1) is 20.3. The molecular weight excluding hydrogens is 444 g/mol. The van der Waals surface area contributed by atoms with E-state index in [0.29, 0.717) is 38.5 Å². The largest absolute Gasteiger partial charge is 0.457 e. The van der Waals surface area contributed by atoms with Gasteiger partial charge in [0, 0.05) is 22.7 Å². The number of thiocarbonyl (C=S) groups is 1. The number of halogens is 1. The van der Waals surface area contributed by atoms with Crippen molar-refractivity contribution < 1.29 is 14.1 Å². The van der Waals surface area contributed by atoms with Crippen molar-refractivity contribution in [1.82, 2.24) is 4.90 Å². The van der Waals surface area contributed by atoms with Crippen molar-refractivity contribution in [2.75, 3.05) is 0 Å². The summed E-state index contributed by atoms with van der Waals surface area (Å²) in [4.78, 5) is 25.4. The van der Waals surface area contributed by atoms with Gasteiger partial charge in [0.25, 0.3) is 10.9 Å². The number of carbonyl (C=O) groups excluding carboxylic acids is 1. The summed E-state index contributed by atoms with van der Waals surface area (Å²) in [6.07, 6.45) is 1.72. The van der Waals surface area contributed by atoms with Crippen molar-refractivity contribution in [2.45, 2.75) is 6.54 Å². The van der Waals surface area contributed by atoms with Gasteiger partial charge in [0.2, 0.25) is 0 Å². The van der Waals surface area contributed by atoms with Crippen LogP contribution in [0.15, 0.2) is 70.0 Å². The predicted molar refractivity (Wildman–Crippen MR) is 121 cm³/mol. The summed E-state index contributed by atoms with van der Waals surface area (Å²) in [5.74, 6) is 1.10. The molecule has 150 valence electrons. The highest BCUT2D eigenvalue weighted by Crippen LogP contribution is 2.35. The highest BCUT2D eigenvalue weighted by atomic mass is 35.5. The Bertz CT molecular complexity index is 1170. The Kier molecular flexibility index (Phi) is 5.72. The lowest BCUT2D eigenvalue weighted by Crippen LogP contribution is -2.26. The Morgan fingerprint density at radius 3 is 2.47 bits per heavy atom. The van der Waals surface area contributed by atoms with E-state index in [2.05, 4.69) is 0 Å². The standard InChI is InChI=1S/C21H13ClN2O4S2/c22-15-5-1-13(2-6-15)12-23-20(29)19(30-21(23)25)11-17-9-10-18(28-17)14-3-7-16(8-4-14)24(26)27/h1-11H,12H2. The Morgan fingerprint density at radius 2 is 1.80 bits per heavy atom. The molecule has 1 fully saturated rings. The number of nitro benzene ring substituents is 1. The quantitative estimate of drug-likeness (QED) is 0.187. The van der Waals surface area contributed by atoms with Crippen LogP contribution >= 0.6 is 35.6 Å². The van der Waals surface area contributed by atoms with Crippen molar-refractivity contribution in [3.05, 3.63) is 92.0 Å². The van der Waals surface area contributed by atoms with Gasteiger partial charge < -0.3 is 4.42 Å². The zero-order valence-electron chi connectivity index (χ0n) is 15.3. The number of amides is 1. The number of furan rings is 1. The number of nitrogens with zero attached hydrogens (tertiary/aromatic N) is 2. The molecule has 9 heteroatoms. The minimum atomic E-state index is -0.452. The van der Waals surface area contributed by atoms with Crippen LogP contribution in [0.4, 0.5) is 10.5 Å². The number of benzene rings is 2. The molecule has 1 aromatic heterocycles. The molecule has 0 bridgehead atoms. The molecule has 0 N–H and O–H groups in total. The van der Waals surface area contributed by atoms with E-state index in [9.17, 15) is 14.9 Å². The number of rotatable bonds is 5. The summed E-state index contributed by atoms with van der Waals surface area (Å²) >= 11 is 12.4. The molecule has 0 spiro atoms. The molecule has 0 radical (unpaired) electrons. The lowest BCUT2D eigenvalue weighted by Gasteiger charge is -2.14. The van der Waals surface area contributed by atoms with Gasteiger partial charge in [-0.3, -0.25) is 19.8 Å². The molecule has 0 unspecified atom stereocenters. The lowest BCUT2D eigenvalue weighted by atomic mass is 10.1. The first-order valence-electron chi connectivity index (χ1n) is 8.75. The van der Waals surface area contributed by atoms with Crippen molar-refractivity contribution in [3.8, 4) is 11.3 Å². The summed E-state index contributed by atoms with van der Waals surface area (Å²) in [5.41, 5.74) is 1.65. The minimum absolute atomic E-state index is 0.0136. The highest BCUT2D eigenvalue weighted by Gasteiger charge is 2.32. The summed E-state index contributed by atoms with van der Waals surface area (Å²) < 4.78 is 5.82. The Hall–Kier alpha value is -2.94. The van der Waals surface area contributed by atoms with Gasteiger partial charge in [0.05, 0.1) is 16.4 Å². The maximum Gasteiger partial charge on any atom is 0.291 e. The van der Waals surface area contributed by atoms with E-state index in [0.717, 1.165) is 17.3 Å². The van der Waals surface area contributed by atoms with Crippen LogP contribution < -0.4 is 0 Å². The molecule has 1 aliphatic rings. The van der Waals surface area contributed by atoms with Crippen LogP contribution in [0.3, 0.4) is 0 Å². The molecular formula is C21H13ClN2O4S2. The van der Waals surface area contributed by atoms with Crippen LogP contribution in [0.2, 0.25) is 5.02 Å². The molecule has 30 heavy (non-hydrogen) atoms. The van der Waals surface area contributed by atoms with Crippen molar-refractivity contribution in [3.63, 3.8) is 0 Å². The Morgan fingerprint density at radius 1 is 1.10 bits per heavy atom. The number of hydrogen-bond donors (Lipinski definition) is 0. The molecule has 3 aromatic rings. The Balaban J connectivity index is 1.51. The fourth-order valence-corrected chi connectivity index (χ4v) is 4.21. The molecule has 4 rings (SSSR count). The summed E-state index contributed by atoms with van der Waals surface area (Å²) in [5, 5.41) is 11.3. The SMILES string of the molecule is O=C1SC(=Cc2ccc(-c3ccc([N+](=O)[O-])cc3)o2)C(=S)N1Cc1ccc(Cl)cc1. The van der Waals surface area contributed by atoms with Gasteiger partial charge >= 0.3 is 0 Å². The Labute approximate surface area is 186 Å². The van der Waals surface area contributed by atoms with E-state index in [1.165, 1.54) is 17.0 Å². The molecule has 0 saturated carbocycles. The molecule has 1 saturated heterocycles. The van der Waals surface area contributed by atoms with Crippen molar-refractivity contribution >= 4 is 57.6 Å². The first-order valence-corrected chi connectivity index (χ1v) is 10.4. The van der Waals surface area contributed by atoms with Crippen LogP contribution in [0.1, 0.15) is 11.3 Å². The smallest absolute Gasteiger partial charge is 0.291 e. The number of thioether (sulfide) groups is 1. The topological polar surface area (TPSA) is 76.6 Å². The molecule has 1 aliphatic heterocycles.